The maximum absolute atomic E-state index is 5.65. The Labute approximate surface area is 119 Å². The van der Waals surface area contributed by atoms with Crippen LogP contribution in [0.25, 0.3) is 0 Å². The number of hydrogen-bond acceptors (Lipinski definition) is 4. The molecule has 0 bridgehead atoms. The van der Waals surface area contributed by atoms with E-state index in [1.165, 1.54) is 24.1 Å². The van der Waals surface area contributed by atoms with Crippen LogP contribution in [0.2, 0.25) is 0 Å². The summed E-state index contributed by atoms with van der Waals surface area (Å²) in [5, 5.41) is 3.62. The fourth-order valence-electron chi connectivity index (χ4n) is 3.18. The molecule has 0 spiro atoms. The van der Waals surface area contributed by atoms with E-state index in [4.69, 9.17) is 9.47 Å². The van der Waals surface area contributed by atoms with E-state index in [1.54, 1.807) is 17.6 Å². The lowest BCUT2D eigenvalue weighted by Crippen LogP contribution is -2.59. The molecule has 3 atom stereocenters. The van der Waals surface area contributed by atoms with Crippen LogP contribution in [0.15, 0.2) is 6.07 Å². The van der Waals surface area contributed by atoms with Crippen LogP contribution in [0, 0.1) is 0 Å². The number of ether oxygens (including phenoxy) is 2. The minimum absolute atomic E-state index is 0.215. The van der Waals surface area contributed by atoms with Crippen LogP contribution in [0.1, 0.15) is 35.1 Å². The lowest BCUT2D eigenvalue weighted by molar-refractivity contribution is -0.131. The molecular weight excluding hydrogens is 258 g/mol. The second-order valence-electron chi connectivity index (χ2n) is 5.43. The van der Waals surface area contributed by atoms with Crippen molar-refractivity contribution < 1.29 is 9.47 Å². The maximum atomic E-state index is 5.65. The van der Waals surface area contributed by atoms with Crippen molar-refractivity contribution in [3.8, 4) is 0 Å². The number of hydrogen-bond donors (Lipinski definition) is 1. The van der Waals surface area contributed by atoms with E-state index in [-0.39, 0.29) is 12.2 Å². The zero-order valence-corrected chi connectivity index (χ0v) is 12.6. The van der Waals surface area contributed by atoms with Gasteiger partial charge in [-0.2, -0.15) is 0 Å². The van der Waals surface area contributed by atoms with E-state index in [0.717, 1.165) is 19.6 Å². The van der Waals surface area contributed by atoms with Gasteiger partial charge in [0, 0.05) is 36.1 Å². The molecule has 1 fully saturated rings. The average molecular weight is 281 g/mol. The first-order valence-corrected chi connectivity index (χ1v) is 8.11. The van der Waals surface area contributed by atoms with Gasteiger partial charge >= 0.3 is 0 Å². The Bertz CT molecular complexity index is 410. The minimum atomic E-state index is 0.215. The van der Waals surface area contributed by atoms with Gasteiger partial charge in [0.25, 0.3) is 0 Å². The first-order chi connectivity index (χ1) is 9.31. The molecule has 0 amide bonds. The largest absolute Gasteiger partial charge is 0.377 e. The highest BCUT2D eigenvalue weighted by Crippen LogP contribution is 2.31. The van der Waals surface area contributed by atoms with Crippen LogP contribution in [-0.2, 0) is 28.9 Å². The van der Waals surface area contributed by atoms with E-state index < -0.39 is 0 Å². The summed E-state index contributed by atoms with van der Waals surface area (Å²) in [6, 6.07) is 2.83. The number of aryl methyl sites for hydroxylation is 2. The second kappa shape index (κ2) is 5.92. The molecule has 3 rings (SSSR count). The summed E-state index contributed by atoms with van der Waals surface area (Å²) in [6.07, 6.45) is 5.47. The van der Waals surface area contributed by atoms with Gasteiger partial charge < -0.3 is 14.8 Å². The van der Waals surface area contributed by atoms with E-state index in [0.29, 0.717) is 6.04 Å². The molecule has 0 saturated heterocycles. The number of fused-ring (bicyclic) bond motifs is 1. The molecule has 0 radical (unpaired) electrons. The first-order valence-electron chi connectivity index (χ1n) is 7.30. The quantitative estimate of drug-likeness (QED) is 0.869. The Morgan fingerprint density at radius 2 is 2.32 bits per heavy atom. The highest BCUT2D eigenvalue weighted by Gasteiger charge is 2.41. The summed E-state index contributed by atoms with van der Waals surface area (Å²) < 4.78 is 11.2. The molecule has 4 heteroatoms. The zero-order valence-electron chi connectivity index (χ0n) is 11.8. The van der Waals surface area contributed by atoms with Gasteiger partial charge in [0.2, 0.25) is 0 Å². The standard InChI is InChI=1S/C15H23NO2S/c1-3-18-13-8-12(15(13)17-2)16-9-11-7-10-5-4-6-14(10)19-11/h7,12-13,15-16H,3-6,8-9H2,1-2H3. The van der Waals surface area contributed by atoms with Crippen LogP contribution in [-0.4, -0.2) is 32.0 Å². The lowest BCUT2D eigenvalue weighted by atomic mass is 9.85. The van der Waals surface area contributed by atoms with Gasteiger partial charge in [0.15, 0.2) is 0 Å². The average Bonchev–Trinajstić information content (AvgIpc) is 2.93. The highest BCUT2D eigenvalue weighted by atomic mass is 32.1. The molecule has 1 aromatic rings. The van der Waals surface area contributed by atoms with Gasteiger partial charge in [-0.15, -0.1) is 11.3 Å². The molecule has 1 N–H and O–H groups in total. The van der Waals surface area contributed by atoms with Gasteiger partial charge in [0.1, 0.15) is 0 Å². The predicted octanol–water partition coefficient (Wildman–Crippen LogP) is 2.52. The molecule has 19 heavy (non-hydrogen) atoms. The van der Waals surface area contributed by atoms with Crippen LogP contribution >= 0.6 is 11.3 Å². The molecule has 3 unspecified atom stereocenters. The van der Waals surface area contributed by atoms with Gasteiger partial charge in [-0.1, -0.05) is 0 Å². The number of thiophene rings is 1. The smallest absolute Gasteiger partial charge is 0.0986 e. The fraction of sp³-hybridized carbons (Fsp3) is 0.733. The fourth-order valence-corrected chi connectivity index (χ4v) is 4.40. The molecule has 0 aliphatic heterocycles. The Kier molecular flexibility index (Phi) is 4.22. The lowest BCUT2D eigenvalue weighted by Gasteiger charge is -2.43. The second-order valence-corrected chi connectivity index (χ2v) is 6.65. The van der Waals surface area contributed by atoms with Crippen molar-refractivity contribution in [2.45, 2.75) is 57.4 Å². The van der Waals surface area contributed by atoms with Crippen LogP contribution in [0.3, 0.4) is 0 Å². The SMILES string of the molecule is CCOC1CC(NCc2cc3c(s2)CCC3)C1OC. The molecule has 0 aromatic carbocycles. The van der Waals surface area contributed by atoms with Crippen molar-refractivity contribution in [2.24, 2.45) is 0 Å². The summed E-state index contributed by atoms with van der Waals surface area (Å²) in [4.78, 5) is 3.08. The van der Waals surface area contributed by atoms with Crippen LogP contribution in [0.4, 0.5) is 0 Å². The van der Waals surface area contributed by atoms with Gasteiger partial charge in [-0.05, 0) is 44.2 Å². The molecule has 1 saturated carbocycles. The maximum Gasteiger partial charge on any atom is 0.0986 e. The third-order valence-corrected chi connectivity index (χ3v) is 5.48. The predicted molar refractivity (Wildman–Crippen MR) is 77.8 cm³/mol. The summed E-state index contributed by atoms with van der Waals surface area (Å²) in [5.41, 5.74) is 1.59. The van der Waals surface area contributed by atoms with E-state index in [9.17, 15) is 0 Å². The monoisotopic (exact) mass is 281 g/mol. The summed E-state index contributed by atoms with van der Waals surface area (Å²) >= 11 is 1.98. The Morgan fingerprint density at radius 1 is 1.42 bits per heavy atom. The third kappa shape index (κ3) is 2.72. The zero-order chi connectivity index (χ0) is 13.2. The highest BCUT2D eigenvalue weighted by molar-refractivity contribution is 7.12. The molecular formula is C15H23NO2S. The summed E-state index contributed by atoms with van der Waals surface area (Å²) in [6.45, 7) is 3.79. The third-order valence-electron chi connectivity index (χ3n) is 4.24. The van der Waals surface area contributed by atoms with Crippen molar-refractivity contribution in [1.29, 1.82) is 0 Å². The molecule has 1 aromatic heterocycles. The summed E-state index contributed by atoms with van der Waals surface area (Å²) in [5.74, 6) is 0. The van der Waals surface area contributed by atoms with Crippen molar-refractivity contribution in [2.75, 3.05) is 13.7 Å². The number of methoxy groups -OCH3 is 1. The normalized spacial score (nSPS) is 29.3. The molecule has 2 aliphatic rings. The van der Waals surface area contributed by atoms with Crippen molar-refractivity contribution in [3.63, 3.8) is 0 Å². The Balaban J connectivity index is 1.49. The molecule has 1 heterocycles. The molecule has 106 valence electrons. The van der Waals surface area contributed by atoms with E-state index in [2.05, 4.69) is 11.4 Å². The Morgan fingerprint density at radius 3 is 3.05 bits per heavy atom. The van der Waals surface area contributed by atoms with Crippen LogP contribution < -0.4 is 5.32 Å². The Hall–Kier alpha value is -0.420. The molecule has 3 nitrogen and oxygen atoms in total. The molecule has 2 aliphatic carbocycles. The first kappa shape index (κ1) is 13.6. The van der Waals surface area contributed by atoms with Gasteiger partial charge in [0.05, 0.1) is 12.2 Å². The summed E-state index contributed by atoms with van der Waals surface area (Å²) in [7, 11) is 1.78. The topological polar surface area (TPSA) is 30.5 Å². The van der Waals surface area contributed by atoms with Gasteiger partial charge in [-0.3, -0.25) is 0 Å². The number of nitrogens with one attached hydrogen (secondary N) is 1. The van der Waals surface area contributed by atoms with Crippen molar-refractivity contribution in [3.05, 3.63) is 21.4 Å². The minimum Gasteiger partial charge on any atom is -0.377 e. The van der Waals surface area contributed by atoms with Crippen LogP contribution in [0.5, 0.6) is 0 Å². The van der Waals surface area contributed by atoms with E-state index >= 15 is 0 Å². The van der Waals surface area contributed by atoms with Crippen molar-refractivity contribution >= 4 is 11.3 Å². The van der Waals surface area contributed by atoms with Crippen molar-refractivity contribution in [1.82, 2.24) is 5.32 Å². The van der Waals surface area contributed by atoms with Gasteiger partial charge in [-0.25, -0.2) is 0 Å². The number of rotatable bonds is 6. The van der Waals surface area contributed by atoms with E-state index in [1.807, 2.05) is 18.3 Å².